The number of likely N-dealkylation sites (tertiary alicyclic amines) is 1. The van der Waals surface area contributed by atoms with Crippen LogP contribution >= 0.6 is 15.9 Å². The number of carbonyl (C=O) groups is 1. The molecule has 1 saturated heterocycles. The summed E-state index contributed by atoms with van der Waals surface area (Å²) in [5, 5.41) is 2.98. The van der Waals surface area contributed by atoms with Crippen LogP contribution in [0.1, 0.15) is 40.0 Å². The van der Waals surface area contributed by atoms with Crippen LogP contribution in [0.4, 0.5) is 4.39 Å². The molecule has 1 aliphatic heterocycles. The highest BCUT2D eigenvalue weighted by Crippen LogP contribution is 2.26. The fraction of sp³-hybridized carbons (Fsp3) is 0.611. The molecular weight excluding hydrogens is 375 g/mol. The molecular formula is C18H26BrFN2O2. The summed E-state index contributed by atoms with van der Waals surface area (Å²) < 4.78 is 19.2. The van der Waals surface area contributed by atoms with Crippen LogP contribution in [0.5, 0.6) is 5.75 Å². The lowest BCUT2D eigenvalue weighted by atomic mass is 9.98. The molecule has 0 aromatic heterocycles. The third kappa shape index (κ3) is 5.18. The number of halogens is 2. The Labute approximate surface area is 151 Å². The smallest absolute Gasteiger partial charge is 0.260 e. The molecule has 1 N–H and O–H groups in total. The van der Waals surface area contributed by atoms with E-state index in [4.69, 9.17) is 4.74 Å². The molecule has 0 spiro atoms. The van der Waals surface area contributed by atoms with Crippen LogP contribution in [0.3, 0.4) is 0 Å². The van der Waals surface area contributed by atoms with Crippen LogP contribution in [-0.2, 0) is 4.79 Å². The molecule has 6 heteroatoms. The Bertz CT molecular complexity index is 574. The summed E-state index contributed by atoms with van der Waals surface area (Å²) >= 11 is 3.24. The molecule has 1 fully saturated rings. The van der Waals surface area contributed by atoms with E-state index in [1.54, 1.807) is 6.92 Å². The number of piperidine rings is 1. The van der Waals surface area contributed by atoms with Gasteiger partial charge in [0.1, 0.15) is 11.6 Å². The monoisotopic (exact) mass is 400 g/mol. The van der Waals surface area contributed by atoms with Crippen molar-refractivity contribution >= 4 is 21.8 Å². The highest BCUT2D eigenvalue weighted by Gasteiger charge is 2.29. The maximum absolute atomic E-state index is 13.1. The minimum absolute atomic E-state index is 0.0771. The van der Waals surface area contributed by atoms with Crippen molar-refractivity contribution in [3.63, 3.8) is 0 Å². The zero-order valence-corrected chi connectivity index (χ0v) is 16.2. The molecule has 1 aromatic rings. The van der Waals surface area contributed by atoms with Crippen molar-refractivity contribution in [2.45, 2.75) is 51.7 Å². The van der Waals surface area contributed by atoms with Crippen LogP contribution in [-0.4, -0.2) is 42.1 Å². The van der Waals surface area contributed by atoms with Gasteiger partial charge >= 0.3 is 0 Å². The molecule has 1 unspecified atom stereocenters. The normalized spacial score (nSPS) is 17.4. The molecule has 1 amide bonds. The second kappa shape index (κ2) is 8.30. The average Bonchev–Trinajstić information content (AvgIpc) is 2.56. The van der Waals surface area contributed by atoms with Crippen molar-refractivity contribution in [2.24, 2.45) is 0 Å². The Morgan fingerprint density at radius 2 is 2.04 bits per heavy atom. The number of carbonyl (C=O) groups excluding carboxylic acids is 1. The topological polar surface area (TPSA) is 41.6 Å². The zero-order chi connectivity index (χ0) is 17.7. The highest BCUT2D eigenvalue weighted by atomic mass is 79.9. The van der Waals surface area contributed by atoms with Gasteiger partial charge in [0.05, 0.1) is 4.47 Å². The summed E-state index contributed by atoms with van der Waals surface area (Å²) in [6.45, 7) is 8.74. The first-order valence-electron chi connectivity index (χ1n) is 8.44. The molecule has 0 aliphatic carbocycles. The van der Waals surface area contributed by atoms with E-state index in [0.717, 1.165) is 13.1 Å². The fourth-order valence-corrected chi connectivity index (χ4v) is 3.32. The Hall–Kier alpha value is -1.14. The maximum atomic E-state index is 13.1. The summed E-state index contributed by atoms with van der Waals surface area (Å²) in [7, 11) is 0. The number of ether oxygens (including phenoxy) is 1. The zero-order valence-electron chi connectivity index (χ0n) is 14.6. The van der Waals surface area contributed by atoms with Crippen LogP contribution in [0.2, 0.25) is 0 Å². The number of benzene rings is 1. The van der Waals surface area contributed by atoms with E-state index < -0.39 is 6.10 Å². The summed E-state index contributed by atoms with van der Waals surface area (Å²) in [5.74, 6) is -0.0692. The van der Waals surface area contributed by atoms with Crippen LogP contribution in [0.25, 0.3) is 0 Å². The molecule has 2 rings (SSSR count). The molecule has 4 nitrogen and oxygen atoms in total. The molecule has 0 bridgehead atoms. The van der Waals surface area contributed by atoms with Gasteiger partial charge in [-0.05, 0) is 80.8 Å². The number of nitrogens with one attached hydrogen (secondary N) is 1. The minimum atomic E-state index is -0.649. The van der Waals surface area contributed by atoms with Gasteiger partial charge in [-0.25, -0.2) is 4.39 Å². The summed E-state index contributed by atoms with van der Waals surface area (Å²) in [6, 6.07) is 4.14. The van der Waals surface area contributed by atoms with Gasteiger partial charge in [0.2, 0.25) is 0 Å². The Kier molecular flexibility index (Phi) is 6.63. The quantitative estimate of drug-likeness (QED) is 0.790. The van der Waals surface area contributed by atoms with Gasteiger partial charge in [0.25, 0.3) is 5.91 Å². The summed E-state index contributed by atoms with van der Waals surface area (Å²) in [4.78, 5) is 14.7. The van der Waals surface area contributed by atoms with Crippen molar-refractivity contribution in [3.8, 4) is 5.75 Å². The van der Waals surface area contributed by atoms with Crippen molar-refractivity contribution in [1.82, 2.24) is 10.2 Å². The van der Waals surface area contributed by atoms with Gasteiger partial charge in [0.15, 0.2) is 6.10 Å². The molecule has 1 aromatic carbocycles. The maximum Gasteiger partial charge on any atom is 0.260 e. The number of hydrogen-bond donors (Lipinski definition) is 1. The van der Waals surface area contributed by atoms with Gasteiger partial charge in [-0.2, -0.15) is 0 Å². The SMILES string of the molecule is CC(Oc1ccc(F)cc1Br)C(=O)NCC(C)(C)N1CCCCC1. The lowest BCUT2D eigenvalue weighted by Gasteiger charge is -2.41. The molecule has 0 saturated carbocycles. The largest absolute Gasteiger partial charge is 0.480 e. The molecule has 1 atom stereocenters. The second-order valence-corrected chi connectivity index (χ2v) is 7.77. The minimum Gasteiger partial charge on any atom is -0.480 e. The van der Waals surface area contributed by atoms with E-state index >= 15 is 0 Å². The van der Waals surface area contributed by atoms with Crippen molar-refractivity contribution in [2.75, 3.05) is 19.6 Å². The van der Waals surface area contributed by atoms with Gasteiger partial charge in [-0.1, -0.05) is 6.42 Å². The summed E-state index contributed by atoms with van der Waals surface area (Å²) in [5.41, 5.74) is -0.0771. The fourth-order valence-electron chi connectivity index (χ4n) is 2.87. The standard InChI is InChI=1S/C18H26BrFN2O2/c1-13(24-16-8-7-14(20)11-15(16)19)17(23)21-12-18(2,3)22-9-5-4-6-10-22/h7-8,11,13H,4-6,9-10,12H2,1-3H3,(H,21,23). The van der Waals surface area contributed by atoms with Gasteiger partial charge in [-0.3, -0.25) is 9.69 Å². The summed E-state index contributed by atoms with van der Waals surface area (Å²) in [6.07, 6.45) is 3.07. The number of rotatable bonds is 6. The highest BCUT2D eigenvalue weighted by molar-refractivity contribution is 9.10. The van der Waals surface area contributed by atoms with Crippen molar-refractivity contribution in [1.29, 1.82) is 0 Å². The van der Waals surface area contributed by atoms with E-state index in [1.807, 2.05) is 0 Å². The number of hydrogen-bond acceptors (Lipinski definition) is 3. The van der Waals surface area contributed by atoms with Crippen LogP contribution in [0, 0.1) is 5.82 Å². The van der Waals surface area contributed by atoms with E-state index in [0.29, 0.717) is 16.8 Å². The van der Waals surface area contributed by atoms with E-state index in [1.165, 1.54) is 37.5 Å². The first-order valence-corrected chi connectivity index (χ1v) is 9.23. The van der Waals surface area contributed by atoms with Gasteiger partial charge < -0.3 is 10.1 Å². The Morgan fingerprint density at radius 1 is 1.38 bits per heavy atom. The molecule has 134 valence electrons. The number of amides is 1. The lowest BCUT2D eigenvalue weighted by molar-refractivity contribution is -0.127. The third-order valence-corrected chi connectivity index (χ3v) is 5.09. The number of nitrogens with zero attached hydrogens (tertiary/aromatic N) is 1. The first-order chi connectivity index (χ1) is 11.3. The Balaban J connectivity index is 1.86. The van der Waals surface area contributed by atoms with Crippen LogP contribution in [0.15, 0.2) is 22.7 Å². The predicted octanol–water partition coefficient (Wildman–Crippen LogP) is 3.74. The second-order valence-electron chi connectivity index (χ2n) is 6.91. The van der Waals surface area contributed by atoms with E-state index in [2.05, 4.69) is 40.0 Å². The van der Waals surface area contributed by atoms with E-state index in [-0.39, 0.29) is 17.3 Å². The third-order valence-electron chi connectivity index (χ3n) is 4.47. The van der Waals surface area contributed by atoms with Gasteiger partial charge in [0, 0.05) is 12.1 Å². The van der Waals surface area contributed by atoms with E-state index in [9.17, 15) is 9.18 Å². The molecule has 0 radical (unpaired) electrons. The van der Waals surface area contributed by atoms with Crippen molar-refractivity contribution < 1.29 is 13.9 Å². The van der Waals surface area contributed by atoms with Crippen LogP contribution < -0.4 is 10.1 Å². The molecule has 1 aliphatic rings. The lowest BCUT2D eigenvalue weighted by Crippen LogP contribution is -2.54. The molecule has 24 heavy (non-hydrogen) atoms. The van der Waals surface area contributed by atoms with Crippen molar-refractivity contribution in [3.05, 3.63) is 28.5 Å². The van der Waals surface area contributed by atoms with Gasteiger partial charge in [-0.15, -0.1) is 0 Å². The Morgan fingerprint density at radius 3 is 2.67 bits per heavy atom. The average molecular weight is 401 g/mol. The first kappa shape index (κ1) is 19.2. The predicted molar refractivity (Wildman–Crippen MR) is 96.7 cm³/mol. The molecule has 1 heterocycles.